The zero-order valence-electron chi connectivity index (χ0n) is 9.40. The number of benzene rings is 1. The zero-order chi connectivity index (χ0) is 11.6. The molecular formula is C11H15Cl2OTi. The Morgan fingerprint density at radius 2 is 1.80 bits per heavy atom. The van der Waals surface area contributed by atoms with Gasteiger partial charge in [-0.05, 0) is 0 Å². The fourth-order valence-corrected chi connectivity index (χ4v) is 2.63. The van der Waals surface area contributed by atoms with E-state index in [1.54, 1.807) is 0 Å². The van der Waals surface area contributed by atoms with Crippen LogP contribution in [0.1, 0.15) is 31.9 Å². The number of halogens is 2. The molecule has 1 aromatic rings. The van der Waals surface area contributed by atoms with Gasteiger partial charge in [0.15, 0.2) is 0 Å². The summed E-state index contributed by atoms with van der Waals surface area (Å²) in [5, 5.41) is 0. The molecule has 0 aliphatic rings. The van der Waals surface area contributed by atoms with E-state index in [1.807, 2.05) is 12.1 Å². The third kappa shape index (κ3) is 3.99. The maximum atomic E-state index is 5.78. The van der Waals surface area contributed by atoms with Crippen LogP contribution in [-0.4, -0.2) is 0 Å². The van der Waals surface area contributed by atoms with Gasteiger partial charge in [-0.2, -0.15) is 0 Å². The summed E-state index contributed by atoms with van der Waals surface area (Å²) in [6.45, 7) is 8.52. The van der Waals surface area contributed by atoms with E-state index in [2.05, 4.69) is 33.8 Å². The van der Waals surface area contributed by atoms with Crippen molar-refractivity contribution in [2.24, 2.45) is 0 Å². The van der Waals surface area contributed by atoms with Crippen LogP contribution in [0.3, 0.4) is 0 Å². The van der Waals surface area contributed by atoms with Crippen molar-refractivity contribution in [2.45, 2.75) is 33.1 Å². The molecule has 0 aliphatic carbocycles. The van der Waals surface area contributed by atoms with Crippen molar-refractivity contribution < 1.29 is 19.5 Å². The van der Waals surface area contributed by atoms with E-state index in [9.17, 15) is 0 Å². The fourth-order valence-electron chi connectivity index (χ4n) is 1.40. The summed E-state index contributed by atoms with van der Waals surface area (Å²) in [6, 6.07) is 6.09. The molecule has 1 rings (SSSR count). The first-order valence-corrected chi connectivity index (χ1v) is 9.71. The van der Waals surface area contributed by atoms with E-state index in [0.717, 1.165) is 11.3 Å². The molecular weight excluding hydrogens is 267 g/mol. The number of hydrogen-bond donors (Lipinski definition) is 0. The van der Waals surface area contributed by atoms with Crippen LogP contribution in [0.15, 0.2) is 18.2 Å². The van der Waals surface area contributed by atoms with Gasteiger partial charge in [0.2, 0.25) is 0 Å². The Kier molecular flexibility index (Phi) is 4.55. The molecule has 1 aromatic carbocycles. The standard InChI is InChI=1S/C11H16O.2ClH.Ti/c1-8-5-6-10(12)9(7-8)11(2,3)4;;;/h5-7,12H,1-4H3;2*1H;/q;;;+3/p-3. The molecule has 0 atom stereocenters. The van der Waals surface area contributed by atoms with Crippen molar-refractivity contribution in [2.75, 3.05) is 0 Å². The predicted octanol–water partition coefficient (Wildman–Crippen LogP) is 4.51. The van der Waals surface area contributed by atoms with Crippen LogP contribution in [0.5, 0.6) is 5.75 Å². The SMILES string of the molecule is Cc1ccc([O][Ti]([Cl])[Cl])c(C(C)(C)C)c1. The third-order valence-electron chi connectivity index (χ3n) is 2.13. The van der Waals surface area contributed by atoms with Gasteiger partial charge in [-0.1, -0.05) is 0 Å². The van der Waals surface area contributed by atoms with Crippen molar-refractivity contribution in [3.63, 3.8) is 0 Å². The molecule has 0 fully saturated rings. The summed E-state index contributed by atoms with van der Waals surface area (Å²) < 4.78 is 5.52. The Morgan fingerprint density at radius 3 is 2.27 bits per heavy atom. The van der Waals surface area contributed by atoms with Gasteiger partial charge in [0.05, 0.1) is 0 Å². The molecule has 0 radical (unpaired) electrons. The number of rotatable bonds is 2. The van der Waals surface area contributed by atoms with Crippen molar-refractivity contribution in [3.05, 3.63) is 29.3 Å². The molecule has 0 amide bonds. The van der Waals surface area contributed by atoms with Crippen molar-refractivity contribution in [1.82, 2.24) is 0 Å². The van der Waals surface area contributed by atoms with Crippen LogP contribution >= 0.6 is 18.6 Å². The molecule has 4 heteroatoms. The average molecular weight is 282 g/mol. The first-order chi connectivity index (χ1) is 6.80. The van der Waals surface area contributed by atoms with Crippen LogP contribution < -0.4 is 3.32 Å². The molecule has 0 aliphatic heterocycles. The first kappa shape index (κ1) is 13.4. The molecule has 0 heterocycles. The minimum absolute atomic E-state index is 0.0445. The topological polar surface area (TPSA) is 9.23 Å². The Hall–Kier alpha value is 0.314. The van der Waals surface area contributed by atoms with Gasteiger partial charge in [0, 0.05) is 0 Å². The minimum atomic E-state index is -2.32. The average Bonchev–Trinajstić information content (AvgIpc) is 2.05. The number of hydrogen-bond acceptors (Lipinski definition) is 1. The normalized spacial score (nSPS) is 11.3. The van der Waals surface area contributed by atoms with E-state index in [1.165, 1.54) is 5.56 Å². The Bertz CT molecular complexity index is 345. The molecule has 0 saturated carbocycles. The van der Waals surface area contributed by atoms with Gasteiger partial charge in [0.1, 0.15) is 0 Å². The second kappa shape index (κ2) is 5.10. The molecule has 0 spiro atoms. The van der Waals surface area contributed by atoms with Gasteiger partial charge in [-0.3, -0.25) is 0 Å². The number of aryl methyl sites for hydroxylation is 1. The van der Waals surface area contributed by atoms with Gasteiger partial charge in [0.25, 0.3) is 0 Å². The molecule has 0 unspecified atom stereocenters. The molecule has 1 nitrogen and oxygen atoms in total. The summed E-state index contributed by atoms with van der Waals surface area (Å²) in [5.41, 5.74) is 2.43. The predicted molar refractivity (Wildman–Crippen MR) is 62.2 cm³/mol. The summed E-state index contributed by atoms with van der Waals surface area (Å²) >= 11 is -2.32. The summed E-state index contributed by atoms with van der Waals surface area (Å²) in [4.78, 5) is 0. The van der Waals surface area contributed by atoms with Gasteiger partial charge < -0.3 is 0 Å². The Labute approximate surface area is 106 Å². The molecule has 0 aromatic heterocycles. The van der Waals surface area contributed by atoms with Gasteiger partial charge in [-0.25, -0.2) is 0 Å². The van der Waals surface area contributed by atoms with E-state index in [-0.39, 0.29) is 5.41 Å². The van der Waals surface area contributed by atoms with E-state index in [0.29, 0.717) is 0 Å². The quantitative estimate of drug-likeness (QED) is 0.725. The van der Waals surface area contributed by atoms with Gasteiger partial charge in [-0.15, -0.1) is 0 Å². The van der Waals surface area contributed by atoms with Gasteiger partial charge >= 0.3 is 106 Å². The van der Waals surface area contributed by atoms with Crippen LogP contribution in [-0.2, 0) is 21.6 Å². The molecule has 0 saturated heterocycles. The maximum absolute atomic E-state index is 5.78. The Morgan fingerprint density at radius 1 is 1.20 bits per heavy atom. The summed E-state index contributed by atoms with van der Waals surface area (Å²) in [5.74, 6) is 0.827. The monoisotopic (exact) mass is 281 g/mol. The van der Waals surface area contributed by atoms with E-state index in [4.69, 9.17) is 21.9 Å². The van der Waals surface area contributed by atoms with Crippen LogP contribution in [0.25, 0.3) is 0 Å². The molecule has 15 heavy (non-hydrogen) atoms. The summed E-state index contributed by atoms with van der Waals surface area (Å²) in [7, 11) is 11.6. The Balaban J connectivity index is 3.15. The first-order valence-electron chi connectivity index (χ1n) is 4.77. The van der Waals surface area contributed by atoms with Crippen molar-refractivity contribution in [1.29, 1.82) is 0 Å². The van der Waals surface area contributed by atoms with Crippen molar-refractivity contribution >= 4 is 18.6 Å². The van der Waals surface area contributed by atoms with Crippen LogP contribution in [0, 0.1) is 6.92 Å². The second-order valence-corrected chi connectivity index (χ2v) is 9.23. The molecule has 0 N–H and O–H groups in total. The fraction of sp³-hybridized carbons (Fsp3) is 0.455. The third-order valence-corrected chi connectivity index (χ3v) is 3.35. The van der Waals surface area contributed by atoms with Crippen LogP contribution in [0.2, 0.25) is 0 Å². The van der Waals surface area contributed by atoms with Crippen molar-refractivity contribution in [3.8, 4) is 5.75 Å². The molecule has 83 valence electrons. The molecule has 0 bridgehead atoms. The van der Waals surface area contributed by atoms with E-state index < -0.39 is 16.1 Å². The summed E-state index contributed by atoms with van der Waals surface area (Å²) in [6.07, 6.45) is 0. The van der Waals surface area contributed by atoms with Crippen LogP contribution in [0.4, 0.5) is 0 Å². The van der Waals surface area contributed by atoms with E-state index >= 15 is 0 Å². The second-order valence-electron chi connectivity index (χ2n) is 4.58. The zero-order valence-corrected chi connectivity index (χ0v) is 12.5.